The molecule has 0 saturated carbocycles. The summed E-state index contributed by atoms with van der Waals surface area (Å²) in [4.78, 5) is 13.9. The average Bonchev–Trinajstić information content (AvgIpc) is 2.25. The van der Waals surface area contributed by atoms with Gasteiger partial charge in [-0.15, -0.1) is 13.2 Å². The molecule has 0 aromatic carbocycles. The van der Waals surface area contributed by atoms with Crippen LogP contribution in [0.4, 0.5) is 17.6 Å². The van der Waals surface area contributed by atoms with Crippen LogP contribution in [-0.4, -0.2) is 29.5 Å². The van der Waals surface area contributed by atoms with E-state index in [0.717, 1.165) is 13.3 Å². The first-order valence-electron chi connectivity index (χ1n) is 4.41. The molecule has 9 heteroatoms. The maximum atomic E-state index is 12.5. The number of carbonyl (C=O) groups is 1. The Kier molecular flexibility index (Phi) is 3.94. The topological polar surface area (TPSA) is 68.7 Å². The van der Waals surface area contributed by atoms with Gasteiger partial charge in [0.05, 0.1) is 7.11 Å². The SMILES string of the molecule is COc1c(CF)cnc(C(=O)O)c1OC(F)(F)F. The van der Waals surface area contributed by atoms with Crippen LogP contribution in [0.1, 0.15) is 16.1 Å². The van der Waals surface area contributed by atoms with Crippen LogP contribution in [0.25, 0.3) is 0 Å². The monoisotopic (exact) mass is 269 g/mol. The number of hydrogen-bond acceptors (Lipinski definition) is 4. The minimum Gasteiger partial charge on any atom is -0.492 e. The largest absolute Gasteiger partial charge is 0.573 e. The van der Waals surface area contributed by atoms with Crippen molar-refractivity contribution < 1.29 is 36.9 Å². The van der Waals surface area contributed by atoms with Gasteiger partial charge in [0.1, 0.15) is 6.67 Å². The third-order valence-electron chi connectivity index (χ3n) is 1.83. The summed E-state index contributed by atoms with van der Waals surface area (Å²) in [5.74, 6) is -3.58. The Labute approximate surface area is 98.0 Å². The number of pyridine rings is 1. The highest BCUT2D eigenvalue weighted by atomic mass is 19.4. The van der Waals surface area contributed by atoms with Crippen LogP contribution in [0.15, 0.2) is 6.20 Å². The fourth-order valence-electron chi connectivity index (χ4n) is 1.19. The number of carboxylic acids is 1. The number of aromatic nitrogens is 1. The molecule has 0 bridgehead atoms. The molecule has 1 N–H and O–H groups in total. The van der Waals surface area contributed by atoms with E-state index in [2.05, 4.69) is 14.5 Å². The predicted molar refractivity (Wildman–Crippen MR) is 49.2 cm³/mol. The van der Waals surface area contributed by atoms with Gasteiger partial charge in [0.2, 0.25) is 5.75 Å². The molecule has 100 valence electrons. The van der Waals surface area contributed by atoms with E-state index in [4.69, 9.17) is 5.11 Å². The van der Waals surface area contributed by atoms with Gasteiger partial charge in [-0.3, -0.25) is 0 Å². The minimum atomic E-state index is -5.14. The summed E-state index contributed by atoms with van der Waals surface area (Å²) in [5.41, 5.74) is -1.36. The van der Waals surface area contributed by atoms with Crippen LogP contribution in [0.2, 0.25) is 0 Å². The number of aromatic carboxylic acids is 1. The lowest BCUT2D eigenvalue weighted by atomic mass is 10.2. The fraction of sp³-hybridized carbons (Fsp3) is 0.333. The summed E-state index contributed by atoms with van der Waals surface area (Å²) in [6, 6.07) is 0. The number of rotatable bonds is 4. The van der Waals surface area contributed by atoms with Gasteiger partial charge in [-0.1, -0.05) is 0 Å². The quantitative estimate of drug-likeness (QED) is 0.848. The molecule has 0 aliphatic heterocycles. The molecule has 1 aromatic rings. The zero-order valence-corrected chi connectivity index (χ0v) is 8.92. The third-order valence-corrected chi connectivity index (χ3v) is 1.83. The van der Waals surface area contributed by atoms with Crippen molar-refractivity contribution in [3.8, 4) is 11.5 Å². The Bertz CT molecular complexity index is 461. The molecule has 5 nitrogen and oxygen atoms in total. The van der Waals surface area contributed by atoms with Crippen molar-refractivity contribution in [1.82, 2.24) is 4.98 Å². The summed E-state index contributed by atoms with van der Waals surface area (Å²) >= 11 is 0. The van der Waals surface area contributed by atoms with Crippen LogP contribution in [0, 0.1) is 0 Å². The lowest BCUT2D eigenvalue weighted by Crippen LogP contribution is -2.20. The van der Waals surface area contributed by atoms with Gasteiger partial charge in [-0.2, -0.15) is 0 Å². The summed E-state index contributed by atoms with van der Waals surface area (Å²) in [5, 5.41) is 8.69. The molecule has 0 unspecified atom stereocenters. The van der Waals surface area contributed by atoms with E-state index in [1.54, 1.807) is 0 Å². The Morgan fingerprint density at radius 2 is 2.06 bits per heavy atom. The molecule has 0 fully saturated rings. The van der Waals surface area contributed by atoms with E-state index in [1.807, 2.05) is 0 Å². The molecular formula is C9H7F4NO4. The second kappa shape index (κ2) is 5.07. The van der Waals surface area contributed by atoms with Gasteiger partial charge in [-0.25, -0.2) is 14.2 Å². The fourth-order valence-corrected chi connectivity index (χ4v) is 1.19. The van der Waals surface area contributed by atoms with Gasteiger partial charge in [-0.05, 0) is 0 Å². The lowest BCUT2D eigenvalue weighted by Gasteiger charge is -2.15. The van der Waals surface area contributed by atoms with E-state index in [-0.39, 0.29) is 5.56 Å². The van der Waals surface area contributed by atoms with E-state index >= 15 is 0 Å². The van der Waals surface area contributed by atoms with Crippen LogP contribution in [0.5, 0.6) is 11.5 Å². The number of hydrogen-bond donors (Lipinski definition) is 1. The molecule has 0 atom stereocenters. The molecule has 0 radical (unpaired) electrons. The summed E-state index contributed by atoms with van der Waals surface area (Å²) in [7, 11) is 0.962. The Hall–Kier alpha value is -2.06. The average molecular weight is 269 g/mol. The van der Waals surface area contributed by atoms with Crippen molar-refractivity contribution in [3.63, 3.8) is 0 Å². The molecule has 0 amide bonds. The molecule has 0 spiro atoms. The molecule has 0 aliphatic rings. The molecule has 0 saturated heterocycles. The van der Waals surface area contributed by atoms with Crippen molar-refractivity contribution in [2.75, 3.05) is 7.11 Å². The maximum absolute atomic E-state index is 12.5. The highest BCUT2D eigenvalue weighted by molar-refractivity contribution is 5.89. The predicted octanol–water partition coefficient (Wildman–Crippen LogP) is 2.16. The van der Waals surface area contributed by atoms with E-state index in [0.29, 0.717) is 0 Å². The molecule has 1 aromatic heterocycles. The first-order chi connectivity index (χ1) is 8.30. The van der Waals surface area contributed by atoms with Crippen LogP contribution in [0.3, 0.4) is 0 Å². The summed E-state index contributed by atoms with van der Waals surface area (Å²) < 4.78 is 57.0. The van der Waals surface area contributed by atoms with Gasteiger partial charge < -0.3 is 14.6 Å². The number of methoxy groups -OCH3 is 1. The smallest absolute Gasteiger partial charge is 0.492 e. The van der Waals surface area contributed by atoms with Gasteiger partial charge in [0, 0.05) is 11.8 Å². The summed E-state index contributed by atoms with van der Waals surface area (Å²) in [6.07, 6.45) is -4.38. The van der Waals surface area contributed by atoms with Crippen LogP contribution < -0.4 is 9.47 Å². The Morgan fingerprint density at radius 3 is 2.44 bits per heavy atom. The molecule has 0 aliphatic carbocycles. The van der Waals surface area contributed by atoms with E-state index in [9.17, 15) is 22.4 Å². The zero-order valence-electron chi connectivity index (χ0n) is 8.92. The highest BCUT2D eigenvalue weighted by Crippen LogP contribution is 2.37. The summed E-state index contributed by atoms with van der Waals surface area (Å²) in [6.45, 7) is -1.18. The van der Waals surface area contributed by atoms with Crippen molar-refractivity contribution in [1.29, 1.82) is 0 Å². The molecule has 1 heterocycles. The lowest BCUT2D eigenvalue weighted by molar-refractivity contribution is -0.275. The molecule has 1 rings (SSSR count). The minimum absolute atomic E-state index is 0.346. The second-order valence-corrected chi connectivity index (χ2v) is 2.98. The standard InChI is InChI=1S/C9H7F4NO4/c1-17-6-4(2-10)3-14-5(8(15)16)7(6)18-9(11,12)13/h3H,2H2,1H3,(H,15,16). The van der Waals surface area contributed by atoms with Crippen LogP contribution >= 0.6 is 0 Å². The van der Waals surface area contributed by atoms with Gasteiger partial charge in [0.25, 0.3) is 0 Å². The normalized spacial score (nSPS) is 11.2. The van der Waals surface area contributed by atoms with Gasteiger partial charge in [0.15, 0.2) is 11.4 Å². The van der Waals surface area contributed by atoms with E-state index in [1.165, 1.54) is 0 Å². The first-order valence-corrected chi connectivity index (χ1v) is 4.41. The Balaban J connectivity index is 3.43. The van der Waals surface area contributed by atoms with Crippen molar-refractivity contribution >= 4 is 5.97 Å². The number of halogens is 4. The first kappa shape index (κ1) is 14.0. The van der Waals surface area contributed by atoms with Crippen molar-refractivity contribution in [2.45, 2.75) is 13.0 Å². The number of ether oxygens (including phenoxy) is 2. The van der Waals surface area contributed by atoms with E-state index < -0.39 is 36.2 Å². The zero-order chi connectivity index (χ0) is 13.9. The van der Waals surface area contributed by atoms with Crippen LogP contribution in [-0.2, 0) is 6.67 Å². The van der Waals surface area contributed by atoms with Crippen molar-refractivity contribution in [2.24, 2.45) is 0 Å². The van der Waals surface area contributed by atoms with Gasteiger partial charge >= 0.3 is 12.3 Å². The maximum Gasteiger partial charge on any atom is 0.573 e. The second-order valence-electron chi connectivity index (χ2n) is 2.98. The number of nitrogens with zero attached hydrogens (tertiary/aromatic N) is 1. The molecule has 18 heavy (non-hydrogen) atoms. The number of carboxylic acid groups (broad SMARTS) is 1. The Morgan fingerprint density at radius 1 is 1.44 bits per heavy atom. The highest BCUT2D eigenvalue weighted by Gasteiger charge is 2.36. The number of alkyl halides is 4. The third kappa shape index (κ3) is 2.99. The molecular weight excluding hydrogens is 262 g/mol. The van der Waals surface area contributed by atoms with Crippen molar-refractivity contribution in [3.05, 3.63) is 17.5 Å².